The molecule has 0 unspecified atom stereocenters. The van der Waals surface area contributed by atoms with Crippen LogP contribution in [-0.4, -0.2) is 9.55 Å². The number of nitrogens with zero attached hydrogens (tertiary/aromatic N) is 1. The maximum Gasteiger partial charge on any atom is 0.330 e. The molecule has 0 amide bonds. The number of aromatic nitrogens is 2. The smallest absolute Gasteiger partial charge is 0.330 e. The topological polar surface area (TPSA) is 80.9 Å². The summed E-state index contributed by atoms with van der Waals surface area (Å²) in [6, 6.07) is 0. The highest BCUT2D eigenvalue weighted by atomic mass is 16.2. The van der Waals surface area contributed by atoms with Crippen LogP contribution in [0.5, 0.6) is 0 Å². The third kappa shape index (κ3) is 1.57. The van der Waals surface area contributed by atoms with E-state index in [1.165, 1.54) is 4.57 Å². The van der Waals surface area contributed by atoms with Gasteiger partial charge in [-0.05, 0) is 27.7 Å². The van der Waals surface area contributed by atoms with Gasteiger partial charge in [0.25, 0.3) is 5.56 Å². The van der Waals surface area contributed by atoms with Crippen molar-refractivity contribution in [2.24, 2.45) is 0 Å². The van der Waals surface area contributed by atoms with Crippen LogP contribution in [-0.2, 0) is 5.54 Å². The van der Waals surface area contributed by atoms with E-state index < -0.39 is 11.2 Å². The molecule has 0 spiro atoms. The molecule has 0 saturated heterocycles. The van der Waals surface area contributed by atoms with Crippen molar-refractivity contribution in [1.82, 2.24) is 9.55 Å². The monoisotopic (exact) mass is 197 g/mol. The third-order valence-corrected chi connectivity index (χ3v) is 2.04. The molecule has 0 aliphatic heterocycles. The van der Waals surface area contributed by atoms with Crippen molar-refractivity contribution in [3.63, 3.8) is 0 Å². The predicted molar refractivity (Wildman–Crippen MR) is 55.5 cm³/mol. The average Bonchev–Trinajstić information content (AvgIpc) is 1.97. The average molecular weight is 197 g/mol. The van der Waals surface area contributed by atoms with Crippen LogP contribution < -0.4 is 17.0 Å². The van der Waals surface area contributed by atoms with Gasteiger partial charge >= 0.3 is 5.69 Å². The van der Waals surface area contributed by atoms with Crippen LogP contribution in [0.2, 0.25) is 0 Å². The first-order chi connectivity index (χ1) is 6.25. The van der Waals surface area contributed by atoms with Gasteiger partial charge < -0.3 is 5.73 Å². The molecule has 0 saturated carbocycles. The molecule has 0 fully saturated rings. The van der Waals surface area contributed by atoms with E-state index >= 15 is 0 Å². The summed E-state index contributed by atoms with van der Waals surface area (Å²) < 4.78 is 1.17. The van der Waals surface area contributed by atoms with E-state index in [9.17, 15) is 9.59 Å². The van der Waals surface area contributed by atoms with Gasteiger partial charge in [-0.25, -0.2) is 4.79 Å². The van der Waals surface area contributed by atoms with Crippen molar-refractivity contribution in [3.05, 3.63) is 26.4 Å². The zero-order chi connectivity index (χ0) is 11.1. The van der Waals surface area contributed by atoms with Crippen LogP contribution in [0.15, 0.2) is 9.59 Å². The van der Waals surface area contributed by atoms with Crippen LogP contribution in [0.3, 0.4) is 0 Å². The Morgan fingerprint density at radius 2 is 1.79 bits per heavy atom. The fraction of sp³-hybridized carbons (Fsp3) is 0.556. The second-order valence-corrected chi connectivity index (χ2v) is 4.28. The van der Waals surface area contributed by atoms with Gasteiger partial charge in [-0.2, -0.15) is 0 Å². The molecule has 1 aromatic heterocycles. The Labute approximate surface area is 81.6 Å². The van der Waals surface area contributed by atoms with E-state index in [4.69, 9.17) is 5.73 Å². The van der Waals surface area contributed by atoms with Crippen molar-refractivity contribution in [2.45, 2.75) is 33.2 Å². The van der Waals surface area contributed by atoms with Crippen molar-refractivity contribution in [1.29, 1.82) is 0 Å². The van der Waals surface area contributed by atoms with E-state index in [1.807, 2.05) is 0 Å². The Hall–Kier alpha value is -1.52. The minimum atomic E-state index is -0.539. The summed E-state index contributed by atoms with van der Waals surface area (Å²) >= 11 is 0. The molecule has 1 heterocycles. The van der Waals surface area contributed by atoms with Gasteiger partial charge in [0.1, 0.15) is 5.82 Å². The predicted octanol–water partition coefficient (Wildman–Crippen LogP) is 0.182. The number of hydrogen-bond acceptors (Lipinski definition) is 3. The lowest BCUT2D eigenvalue weighted by molar-refractivity contribution is 0.366. The standard InChI is InChI=1S/C9H15N3O2/c1-5-6(10)11-8(14)12(7(5)13)9(2,3)4/h10H2,1-4H3,(H,11,14). The fourth-order valence-corrected chi connectivity index (χ4v) is 1.25. The number of rotatable bonds is 0. The molecule has 0 aromatic carbocycles. The van der Waals surface area contributed by atoms with Crippen LogP contribution >= 0.6 is 0 Å². The number of H-pyrrole nitrogens is 1. The first-order valence-corrected chi connectivity index (χ1v) is 4.37. The molecule has 0 radical (unpaired) electrons. The van der Waals surface area contributed by atoms with Gasteiger partial charge in [-0.1, -0.05) is 0 Å². The number of nitrogen functional groups attached to an aromatic ring is 1. The quantitative estimate of drug-likeness (QED) is 0.622. The Bertz CT molecular complexity index is 462. The minimum absolute atomic E-state index is 0.139. The number of nitrogens with two attached hydrogens (primary N) is 1. The lowest BCUT2D eigenvalue weighted by atomic mass is 10.1. The first kappa shape index (κ1) is 10.6. The lowest BCUT2D eigenvalue weighted by Gasteiger charge is -2.21. The van der Waals surface area contributed by atoms with Gasteiger partial charge in [0.05, 0.1) is 5.56 Å². The zero-order valence-corrected chi connectivity index (χ0v) is 8.84. The number of aromatic amines is 1. The van der Waals surface area contributed by atoms with E-state index in [-0.39, 0.29) is 11.4 Å². The van der Waals surface area contributed by atoms with E-state index in [0.29, 0.717) is 5.56 Å². The second kappa shape index (κ2) is 3.01. The molecule has 0 atom stereocenters. The molecular formula is C9H15N3O2. The summed E-state index contributed by atoms with van der Waals surface area (Å²) in [5.74, 6) is 0.139. The molecule has 0 aliphatic rings. The lowest BCUT2D eigenvalue weighted by Crippen LogP contribution is -2.46. The highest BCUT2D eigenvalue weighted by Gasteiger charge is 2.19. The Kier molecular flexibility index (Phi) is 2.27. The highest BCUT2D eigenvalue weighted by Crippen LogP contribution is 2.08. The van der Waals surface area contributed by atoms with E-state index in [0.717, 1.165) is 0 Å². The van der Waals surface area contributed by atoms with Crippen molar-refractivity contribution in [2.75, 3.05) is 5.73 Å². The highest BCUT2D eigenvalue weighted by molar-refractivity contribution is 5.35. The van der Waals surface area contributed by atoms with Gasteiger partial charge in [-0.3, -0.25) is 14.3 Å². The summed E-state index contributed by atoms with van der Waals surface area (Å²) in [7, 11) is 0. The molecule has 5 heteroatoms. The van der Waals surface area contributed by atoms with Gasteiger partial charge in [0.2, 0.25) is 0 Å². The molecule has 0 aliphatic carbocycles. The molecule has 3 N–H and O–H groups in total. The molecule has 14 heavy (non-hydrogen) atoms. The molecule has 0 bridgehead atoms. The maximum atomic E-state index is 11.7. The molecule has 5 nitrogen and oxygen atoms in total. The Morgan fingerprint density at radius 1 is 1.29 bits per heavy atom. The summed E-state index contributed by atoms with van der Waals surface area (Å²) in [5.41, 5.74) is 4.50. The largest absolute Gasteiger partial charge is 0.385 e. The van der Waals surface area contributed by atoms with Crippen LogP contribution in [0.1, 0.15) is 26.3 Å². The van der Waals surface area contributed by atoms with Crippen LogP contribution in [0.25, 0.3) is 0 Å². The second-order valence-electron chi connectivity index (χ2n) is 4.28. The maximum absolute atomic E-state index is 11.7. The molecular weight excluding hydrogens is 182 g/mol. The fourth-order valence-electron chi connectivity index (χ4n) is 1.25. The number of hydrogen-bond donors (Lipinski definition) is 2. The van der Waals surface area contributed by atoms with Crippen molar-refractivity contribution >= 4 is 5.82 Å². The molecule has 1 rings (SSSR count). The SMILES string of the molecule is Cc1c(N)[nH]c(=O)n(C(C)(C)C)c1=O. The Balaban J connectivity index is 3.71. The van der Waals surface area contributed by atoms with E-state index in [1.54, 1.807) is 27.7 Å². The van der Waals surface area contributed by atoms with Crippen LogP contribution in [0.4, 0.5) is 5.82 Å². The van der Waals surface area contributed by atoms with Crippen LogP contribution in [0, 0.1) is 6.92 Å². The normalized spacial score (nSPS) is 11.7. The van der Waals surface area contributed by atoms with Crippen molar-refractivity contribution < 1.29 is 0 Å². The van der Waals surface area contributed by atoms with Gasteiger partial charge in [0, 0.05) is 5.54 Å². The zero-order valence-electron chi connectivity index (χ0n) is 8.84. The molecule has 1 aromatic rings. The third-order valence-electron chi connectivity index (χ3n) is 2.04. The number of anilines is 1. The van der Waals surface area contributed by atoms with E-state index in [2.05, 4.69) is 4.98 Å². The number of nitrogens with one attached hydrogen (secondary N) is 1. The first-order valence-electron chi connectivity index (χ1n) is 4.37. The molecule has 78 valence electrons. The summed E-state index contributed by atoms with van der Waals surface area (Å²) in [6.45, 7) is 6.97. The summed E-state index contributed by atoms with van der Waals surface area (Å²) in [5, 5.41) is 0. The summed E-state index contributed by atoms with van der Waals surface area (Å²) in [6.07, 6.45) is 0. The summed E-state index contributed by atoms with van der Waals surface area (Å²) in [4.78, 5) is 25.6. The Morgan fingerprint density at radius 3 is 2.21 bits per heavy atom. The van der Waals surface area contributed by atoms with Crippen molar-refractivity contribution in [3.8, 4) is 0 Å². The van der Waals surface area contributed by atoms with Gasteiger partial charge in [-0.15, -0.1) is 0 Å². The minimum Gasteiger partial charge on any atom is -0.385 e. The van der Waals surface area contributed by atoms with Gasteiger partial charge in [0.15, 0.2) is 0 Å².